The first-order chi connectivity index (χ1) is 10.3. The van der Waals surface area contributed by atoms with Crippen LogP contribution in [0.15, 0.2) is 36.4 Å². The molecule has 4 heteroatoms. The minimum Gasteiger partial charge on any atom is -0.504 e. The van der Waals surface area contributed by atoms with E-state index in [-0.39, 0.29) is 22.5 Å². The van der Waals surface area contributed by atoms with E-state index in [1.165, 1.54) is 19.2 Å². The Balaban J connectivity index is 2.65. The van der Waals surface area contributed by atoms with Gasteiger partial charge >= 0.3 is 5.97 Å². The number of benzene rings is 2. The molecule has 22 heavy (non-hydrogen) atoms. The fourth-order valence-electron chi connectivity index (χ4n) is 2.38. The highest BCUT2D eigenvalue weighted by Crippen LogP contribution is 2.40. The molecule has 2 aromatic carbocycles. The monoisotopic (exact) mass is 300 g/mol. The summed E-state index contributed by atoms with van der Waals surface area (Å²) in [7, 11) is 1.41. The number of phenolic OH excluding ortho intramolecular Hbond substituents is 1. The van der Waals surface area contributed by atoms with E-state index in [1.807, 2.05) is 24.3 Å². The molecule has 0 bridgehead atoms. The number of aromatic carboxylic acids is 1. The highest BCUT2D eigenvalue weighted by molar-refractivity contribution is 5.98. The van der Waals surface area contributed by atoms with Gasteiger partial charge in [0.05, 0.1) is 12.7 Å². The first-order valence-electron chi connectivity index (χ1n) is 7.00. The maximum Gasteiger partial charge on any atom is 0.336 e. The summed E-state index contributed by atoms with van der Waals surface area (Å²) in [5, 5.41) is 19.3. The molecular formula is C18H20O4. The standard InChI is InChI=1S/C18H20O4/c1-18(2,3)12-7-5-11(6-8-12)15-13(17(20)21)9-10-14(19)16(15)22-4/h5-10,19H,1-4H3,(H,20,21). The molecule has 2 N–H and O–H groups in total. The number of hydrogen-bond acceptors (Lipinski definition) is 3. The molecule has 0 radical (unpaired) electrons. The summed E-state index contributed by atoms with van der Waals surface area (Å²) in [4.78, 5) is 11.5. The van der Waals surface area contributed by atoms with Crippen molar-refractivity contribution in [3.8, 4) is 22.6 Å². The third kappa shape index (κ3) is 2.91. The number of ether oxygens (including phenoxy) is 1. The molecule has 4 nitrogen and oxygen atoms in total. The fraction of sp³-hybridized carbons (Fsp3) is 0.278. The van der Waals surface area contributed by atoms with Gasteiger partial charge in [0.15, 0.2) is 11.5 Å². The van der Waals surface area contributed by atoms with Gasteiger partial charge in [-0.05, 0) is 28.7 Å². The number of rotatable bonds is 3. The lowest BCUT2D eigenvalue weighted by atomic mass is 9.86. The minimum atomic E-state index is -1.06. The summed E-state index contributed by atoms with van der Waals surface area (Å²) in [5.74, 6) is -0.973. The van der Waals surface area contributed by atoms with Gasteiger partial charge in [0, 0.05) is 5.56 Å². The second-order valence-electron chi connectivity index (χ2n) is 6.17. The lowest BCUT2D eigenvalue weighted by Crippen LogP contribution is -2.10. The van der Waals surface area contributed by atoms with Gasteiger partial charge in [-0.2, -0.15) is 0 Å². The maximum absolute atomic E-state index is 11.5. The van der Waals surface area contributed by atoms with Crippen LogP contribution < -0.4 is 4.74 Å². The average Bonchev–Trinajstić information content (AvgIpc) is 2.45. The molecule has 116 valence electrons. The summed E-state index contributed by atoms with van der Waals surface area (Å²) >= 11 is 0. The van der Waals surface area contributed by atoms with E-state index in [0.717, 1.165) is 5.56 Å². The summed E-state index contributed by atoms with van der Waals surface area (Å²) < 4.78 is 5.21. The van der Waals surface area contributed by atoms with Crippen LogP contribution in [0.5, 0.6) is 11.5 Å². The van der Waals surface area contributed by atoms with Crippen LogP contribution in [0.2, 0.25) is 0 Å². The van der Waals surface area contributed by atoms with Crippen LogP contribution in [0.1, 0.15) is 36.7 Å². The predicted octanol–water partition coefficient (Wildman–Crippen LogP) is 4.06. The first-order valence-corrected chi connectivity index (χ1v) is 7.00. The lowest BCUT2D eigenvalue weighted by molar-refractivity contribution is 0.0697. The first kappa shape index (κ1) is 15.9. The zero-order valence-electron chi connectivity index (χ0n) is 13.2. The van der Waals surface area contributed by atoms with Gasteiger partial charge in [0.1, 0.15) is 0 Å². The van der Waals surface area contributed by atoms with E-state index in [1.54, 1.807) is 0 Å². The molecule has 0 saturated heterocycles. The number of phenols is 1. The second kappa shape index (κ2) is 5.72. The van der Waals surface area contributed by atoms with Crippen molar-refractivity contribution in [3.05, 3.63) is 47.5 Å². The zero-order valence-corrected chi connectivity index (χ0v) is 13.2. The topological polar surface area (TPSA) is 66.8 Å². The molecule has 0 atom stereocenters. The van der Waals surface area contributed by atoms with Crippen LogP contribution in [0.4, 0.5) is 0 Å². The van der Waals surface area contributed by atoms with Crippen molar-refractivity contribution in [2.45, 2.75) is 26.2 Å². The molecule has 0 saturated carbocycles. The van der Waals surface area contributed by atoms with Crippen LogP contribution in [0, 0.1) is 0 Å². The van der Waals surface area contributed by atoms with E-state index in [2.05, 4.69) is 20.8 Å². The number of carbonyl (C=O) groups is 1. The SMILES string of the molecule is COc1c(O)ccc(C(=O)O)c1-c1ccc(C(C)(C)C)cc1. The van der Waals surface area contributed by atoms with Crippen molar-refractivity contribution in [1.29, 1.82) is 0 Å². The molecule has 0 aliphatic heterocycles. The van der Waals surface area contributed by atoms with Crippen molar-refractivity contribution < 1.29 is 19.7 Å². The van der Waals surface area contributed by atoms with Crippen molar-refractivity contribution in [2.24, 2.45) is 0 Å². The largest absolute Gasteiger partial charge is 0.504 e. The van der Waals surface area contributed by atoms with E-state index in [0.29, 0.717) is 11.1 Å². The van der Waals surface area contributed by atoms with Gasteiger partial charge in [-0.1, -0.05) is 45.0 Å². The quantitative estimate of drug-likeness (QED) is 0.897. The highest BCUT2D eigenvalue weighted by atomic mass is 16.5. The summed E-state index contributed by atoms with van der Waals surface area (Å²) in [6.07, 6.45) is 0. The van der Waals surface area contributed by atoms with Gasteiger partial charge < -0.3 is 14.9 Å². The maximum atomic E-state index is 11.5. The Morgan fingerprint density at radius 3 is 2.09 bits per heavy atom. The lowest BCUT2D eigenvalue weighted by Gasteiger charge is -2.20. The van der Waals surface area contributed by atoms with Crippen LogP contribution in [0.25, 0.3) is 11.1 Å². The Morgan fingerprint density at radius 2 is 1.64 bits per heavy atom. The number of methoxy groups -OCH3 is 1. The smallest absolute Gasteiger partial charge is 0.336 e. The molecule has 0 aliphatic rings. The second-order valence-corrected chi connectivity index (χ2v) is 6.17. The molecular weight excluding hydrogens is 280 g/mol. The summed E-state index contributed by atoms with van der Waals surface area (Å²) in [6, 6.07) is 10.3. The Hall–Kier alpha value is -2.49. The van der Waals surface area contributed by atoms with E-state index < -0.39 is 5.97 Å². The minimum absolute atomic E-state index is 0.0110. The molecule has 0 heterocycles. The van der Waals surface area contributed by atoms with E-state index in [9.17, 15) is 15.0 Å². The third-order valence-electron chi connectivity index (χ3n) is 3.61. The van der Waals surface area contributed by atoms with Crippen LogP contribution in [-0.2, 0) is 5.41 Å². The van der Waals surface area contributed by atoms with E-state index in [4.69, 9.17) is 4.74 Å². The van der Waals surface area contributed by atoms with Gasteiger partial charge in [0.2, 0.25) is 0 Å². The highest BCUT2D eigenvalue weighted by Gasteiger charge is 2.21. The number of aromatic hydroxyl groups is 1. The molecule has 0 aliphatic carbocycles. The molecule has 2 rings (SSSR count). The van der Waals surface area contributed by atoms with Crippen molar-refractivity contribution in [3.63, 3.8) is 0 Å². The van der Waals surface area contributed by atoms with Crippen molar-refractivity contribution >= 4 is 5.97 Å². The van der Waals surface area contributed by atoms with Gasteiger partial charge in [-0.25, -0.2) is 4.79 Å². The molecule has 0 aromatic heterocycles. The Labute approximate surface area is 130 Å². The number of carboxylic acid groups (broad SMARTS) is 1. The number of hydrogen-bond donors (Lipinski definition) is 2. The summed E-state index contributed by atoms with van der Waals surface area (Å²) in [5.41, 5.74) is 2.33. The van der Waals surface area contributed by atoms with Gasteiger partial charge in [-0.15, -0.1) is 0 Å². The summed E-state index contributed by atoms with van der Waals surface area (Å²) in [6.45, 7) is 6.33. The molecule has 2 aromatic rings. The fourth-order valence-corrected chi connectivity index (χ4v) is 2.38. The van der Waals surface area contributed by atoms with Crippen molar-refractivity contribution in [1.82, 2.24) is 0 Å². The molecule has 0 unspecified atom stereocenters. The predicted molar refractivity (Wildman–Crippen MR) is 85.8 cm³/mol. The Morgan fingerprint density at radius 1 is 1.05 bits per heavy atom. The van der Waals surface area contributed by atoms with Crippen LogP contribution in [-0.4, -0.2) is 23.3 Å². The molecule has 0 amide bonds. The average molecular weight is 300 g/mol. The van der Waals surface area contributed by atoms with Crippen LogP contribution in [0.3, 0.4) is 0 Å². The molecule has 0 spiro atoms. The Bertz CT molecular complexity index is 694. The van der Waals surface area contributed by atoms with E-state index >= 15 is 0 Å². The zero-order chi connectivity index (χ0) is 16.5. The normalized spacial score (nSPS) is 11.3. The Kier molecular flexibility index (Phi) is 4.13. The van der Waals surface area contributed by atoms with Crippen molar-refractivity contribution in [2.75, 3.05) is 7.11 Å². The van der Waals surface area contributed by atoms with Gasteiger partial charge in [0.25, 0.3) is 0 Å². The third-order valence-corrected chi connectivity index (χ3v) is 3.61. The molecule has 0 fully saturated rings. The number of carboxylic acids is 1. The van der Waals surface area contributed by atoms with Crippen LogP contribution >= 0.6 is 0 Å². The van der Waals surface area contributed by atoms with Gasteiger partial charge in [-0.3, -0.25) is 0 Å².